The van der Waals surface area contributed by atoms with Crippen LogP contribution in [0, 0.1) is 0 Å². The summed E-state index contributed by atoms with van der Waals surface area (Å²) in [5.41, 5.74) is 1.73. The van der Waals surface area contributed by atoms with Gasteiger partial charge in [-0.2, -0.15) is 11.3 Å². The van der Waals surface area contributed by atoms with Crippen molar-refractivity contribution in [2.45, 2.75) is 6.54 Å². The Hall–Kier alpha value is -1.81. The summed E-state index contributed by atoms with van der Waals surface area (Å²) >= 11 is 1.62. The van der Waals surface area contributed by atoms with E-state index in [0.29, 0.717) is 17.9 Å². The predicted octanol–water partition coefficient (Wildman–Crippen LogP) is 2.69. The Balaban J connectivity index is 1.99. The topological polar surface area (TPSA) is 38.3 Å². The predicted molar refractivity (Wildman–Crippen MR) is 68.5 cm³/mol. The first kappa shape index (κ1) is 11.7. The van der Waals surface area contributed by atoms with Gasteiger partial charge in [0, 0.05) is 12.1 Å². The first-order valence-electron chi connectivity index (χ1n) is 5.23. The smallest absolute Gasteiger partial charge is 0.251 e. The minimum Gasteiger partial charge on any atom is -0.497 e. The highest BCUT2D eigenvalue weighted by Crippen LogP contribution is 2.12. The molecular formula is C13H13NO2S. The van der Waals surface area contributed by atoms with Crippen LogP contribution in [-0.4, -0.2) is 13.0 Å². The van der Waals surface area contributed by atoms with Crippen LogP contribution in [0.15, 0.2) is 41.1 Å². The summed E-state index contributed by atoms with van der Waals surface area (Å²) in [5.74, 6) is 0.600. The van der Waals surface area contributed by atoms with Gasteiger partial charge in [0.1, 0.15) is 5.75 Å². The number of benzene rings is 1. The van der Waals surface area contributed by atoms with Crippen LogP contribution in [0.5, 0.6) is 5.75 Å². The number of ether oxygens (including phenoxy) is 1. The fourth-order valence-corrected chi connectivity index (χ4v) is 2.11. The van der Waals surface area contributed by atoms with Crippen LogP contribution in [-0.2, 0) is 6.54 Å². The van der Waals surface area contributed by atoms with Gasteiger partial charge in [-0.3, -0.25) is 4.79 Å². The Morgan fingerprint density at radius 2 is 2.29 bits per heavy atom. The van der Waals surface area contributed by atoms with E-state index in [1.54, 1.807) is 36.6 Å². The van der Waals surface area contributed by atoms with Crippen molar-refractivity contribution in [2.24, 2.45) is 0 Å². The van der Waals surface area contributed by atoms with Crippen molar-refractivity contribution in [3.63, 3.8) is 0 Å². The van der Waals surface area contributed by atoms with Gasteiger partial charge in [0.05, 0.1) is 7.11 Å². The number of nitrogens with one attached hydrogen (secondary N) is 1. The Morgan fingerprint density at radius 3 is 3.00 bits per heavy atom. The molecule has 0 aliphatic rings. The zero-order valence-corrected chi connectivity index (χ0v) is 10.3. The Morgan fingerprint density at radius 1 is 1.41 bits per heavy atom. The van der Waals surface area contributed by atoms with E-state index in [9.17, 15) is 4.79 Å². The molecule has 2 aromatic rings. The van der Waals surface area contributed by atoms with Crippen LogP contribution in [0.4, 0.5) is 0 Å². The maximum atomic E-state index is 11.8. The van der Waals surface area contributed by atoms with Crippen LogP contribution in [0.25, 0.3) is 0 Å². The zero-order chi connectivity index (χ0) is 12.1. The van der Waals surface area contributed by atoms with Gasteiger partial charge in [0.15, 0.2) is 0 Å². The SMILES string of the molecule is COc1cccc(C(=O)NCc2ccsc2)c1. The summed E-state index contributed by atoms with van der Waals surface area (Å²) in [4.78, 5) is 11.8. The molecule has 2 rings (SSSR count). The fraction of sp³-hybridized carbons (Fsp3) is 0.154. The molecule has 17 heavy (non-hydrogen) atoms. The maximum Gasteiger partial charge on any atom is 0.251 e. The van der Waals surface area contributed by atoms with E-state index in [-0.39, 0.29) is 5.91 Å². The minimum absolute atomic E-state index is 0.0879. The quantitative estimate of drug-likeness (QED) is 0.902. The van der Waals surface area contributed by atoms with E-state index in [1.807, 2.05) is 22.9 Å². The van der Waals surface area contributed by atoms with Crippen molar-refractivity contribution in [3.05, 3.63) is 52.2 Å². The summed E-state index contributed by atoms with van der Waals surface area (Å²) in [6.45, 7) is 0.555. The lowest BCUT2D eigenvalue weighted by atomic mass is 10.2. The second-order valence-corrected chi connectivity index (χ2v) is 4.33. The van der Waals surface area contributed by atoms with Crippen molar-refractivity contribution in [2.75, 3.05) is 7.11 Å². The van der Waals surface area contributed by atoms with Crippen molar-refractivity contribution in [1.82, 2.24) is 5.32 Å². The number of rotatable bonds is 4. The lowest BCUT2D eigenvalue weighted by Gasteiger charge is -2.05. The third-order valence-electron chi connectivity index (χ3n) is 2.37. The highest BCUT2D eigenvalue weighted by molar-refractivity contribution is 7.07. The molecule has 1 aromatic carbocycles. The van der Waals surface area contributed by atoms with Crippen LogP contribution in [0.3, 0.4) is 0 Å². The third kappa shape index (κ3) is 3.07. The molecule has 0 saturated heterocycles. The number of thiophene rings is 1. The summed E-state index contributed by atoms with van der Waals surface area (Å²) in [6.07, 6.45) is 0. The van der Waals surface area contributed by atoms with Crippen molar-refractivity contribution in [3.8, 4) is 5.75 Å². The van der Waals surface area contributed by atoms with E-state index in [1.165, 1.54) is 0 Å². The number of carbonyl (C=O) groups excluding carboxylic acids is 1. The number of methoxy groups -OCH3 is 1. The number of hydrogen-bond donors (Lipinski definition) is 1. The van der Waals surface area contributed by atoms with E-state index in [0.717, 1.165) is 5.56 Å². The molecule has 1 heterocycles. The second kappa shape index (κ2) is 5.50. The summed E-state index contributed by atoms with van der Waals surface area (Å²) in [7, 11) is 1.59. The largest absolute Gasteiger partial charge is 0.497 e. The maximum absolute atomic E-state index is 11.8. The van der Waals surface area contributed by atoms with Crippen LogP contribution < -0.4 is 10.1 Å². The molecule has 1 aromatic heterocycles. The van der Waals surface area contributed by atoms with Gasteiger partial charge < -0.3 is 10.1 Å². The molecule has 1 amide bonds. The van der Waals surface area contributed by atoms with Gasteiger partial charge in [-0.25, -0.2) is 0 Å². The van der Waals surface area contributed by atoms with Gasteiger partial charge in [-0.05, 0) is 40.6 Å². The summed E-state index contributed by atoms with van der Waals surface area (Å²) < 4.78 is 5.08. The first-order valence-corrected chi connectivity index (χ1v) is 6.17. The van der Waals surface area contributed by atoms with Gasteiger partial charge in [-0.1, -0.05) is 6.07 Å². The van der Waals surface area contributed by atoms with Gasteiger partial charge >= 0.3 is 0 Å². The summed E-state index contributed by atoms with van der Waals surface area (Å²) in [5, 5.41) is 6.88. The van der Waals surface area contributed by atoms with Gasteiger partial charge in [0.25, 0.3) is 5.91 Å². The van der Waals surface area contributed by atoms with Crippen LogP contribution in [0.2, 0.25) is 0 Å². The zero-order valence-electron chi connectivity index (χ0n) is 9.47. The Kier molecular flexibility index (Phi) is 3.77. The molecule has 0 fully saturated rings. The van der Waals surface area contributed by atoms with E-state index < -0.39 is 0 Å². The molecular weight excluding hydrogens is 234 g/mol. The van der Waals surface area contributed by atoms with Crippen molar-refractivity contribution >= 4 is 17.2 Å². The molecule has 0 atom stereocenters. The molecule has 0 spiro atoms. The second-order valence-electron chi connectivity index (χ2n) is 3.55. The lowest BCUT2D eigenvalue weighted by molar-refractivity contribution is 0.0950. The molecule has 0 saturated carbocycles. The third-order valence-corrected chi connectivity index (χ3v) is 3.10. The van der Waals surface area contributed by atoms with Crippen molar-refractivity contribution < 1.29 is 9.53 Å². The van der Waals surface area contributed by atoms with Crippen molar-refractivity contribution in [1.29, 1.82) is 0 Å². The molecule has 1 N–H and O–H groups in total. The number of carbonyl (C=O) groups is 1. The fourth-order valence-electron chi connectivity index (χ4n) is 1.44. The standard InChI is InChI=1S/C13H13NO2S/c1-16-12-4-2-3-11(7-12)13(15)14-8-10-5-6-17-9-10/h2-7,9H,8H2,1H3,(H,14,15). The van der Waals surface area contributed by atoms with Gasteiger partial charge in [-0.15, -0.1) is 0 Å². The molecule has 0 aliphatic heterocycles. The minimum atomic E-state index is -0.0879. The molecule has 3 nitrogen and oxygen atoms in total. The van der Waals surface area contributed by atoms with E-state index in [2.05, 4.69) is 5.32 Å². The molecule has 0 aliphatic carbocycles. The van der Waals surface area contributed by atoms with E-state index in [4.69, 9.17) is 4.74 Å². The van der Waals surface area contributed by atoms with Gasteiger partial charge in [0.2, 0.25) is 0 Å². The monoisotopic (exact) mass is 247 g/mol. The molecule has 0 radical (unpaired) electrons. The van der Waals surface area contributed by atoms with Crippen LogP contribution >= 0.6 is 11.3 Å². The molecule has 0 bridgehead atoms. The lowest BCUT2D eigenvalue weighted by Crippen LogP contribution is -2.22. The average Bonchev–Trinajstić information content (AvgIpc) is 2.89. The summed E-state index contributed by atoms with van der Waals surface area (Å²) in [6, 6.07) is 9.11. The van der Waals surface area contributed by atoms with Crippen LogP contribution in [0.1, 0.15) is 15.9 Å². The Bertz CT molecular complexity index is 494. The number of amides is 1. The molecule has 4 heteroatoms. The first-order chi connectivity index (χ1) is 8.29. The highest BCUT2D eigenvalue weighted by atomic mass is 32.1. The van der Waals surface area contributed by atoms with E-state index >= 15 is 0 Å². The number of hydrogen-bond acceptors (Lipinski definition) is 3. The molecule has 88 valence electrons. The Labute approximate surface area is 104 Å². The highest BCUT2D eigenvalue weighted by Gasteiger charge is 2.06. The molecule has 0 unspecified atom stereocenters. The average molecular weight is 247 g/mol. The normalized spacial score (nSPS) is 9.94.